The third kappa shape index (κ3) is 2.63. The van der Waals surface area contributed by atoms with Crippen LogP contribution in [0.3, 0.4) is 0 Å². The molecule has 2 rings (SSSR count). The van der Waals surface area contributed by atoms with Gasteiger partial charge in [0.25, 0.3) is 0 Å². The largest absolute Gasteiger partial charge is 0.476 e. The zero-order valence-corrected chi connectivity index (χ0v) is 10.8. The molecule has 1 N–H and O–H groups in total. The van der Waals surface area contributed by atoms with Crippen LogP contribution in [0.15, 0.2) is 12.5 Å². The fraction of sp³-hybridized carbons (Fsp3) is 0.455. The second-order valence-corrected chi connectivity index (χ2v) is 3.95. The number of hydrogen-bond donors (Lipinski definition) is 1. The monoisotopic (exact) mass is 265 g/mol. The maximum Gasteiger partial charge on any atom is 0.358 e. The molecule has 0 amide bonds. The van der Waals surface area contributed by atoms with E-state index in [0.29, 0.717) is 12.2 Å². The summed E-state index contributed by atoms with van der Waals surface area (Å²) in [5.41, 5.74) is 1.30. The highest BCUT2D eigenvalue weighted by Crippen LogP contribution is 2.10. The molecular weight excluding hydrogens is 250 g/mol. The first-order chi connectivity index (χ1) is 9.17. The molecule has 0 bridgehead atoms. The minimum absolute atomic E-state index is 0.0792. The summed E-state index contributed by atoms with van der Waals surface area (Å²) in [6, 6.07) is 0. The molecule has 2 aromatic heterocycles. The van der Waals surface area contributed by atoms with Gasteiger partial charge in [0.15, 0.2) is 5.69 Å². The van der Waals surface area contributed by atoms with Gasteiger partial charge in [0.05, 0.1) is 37.1 Å². The Morgan fingerprint density at radius 3 is 2.95 bits per heavy atom. The van der Waals surface area contributed by atoms with Crippen molar-refractivity contribution in [3.63, 3.8) is 0 Å². The minimum atomic E-state index is -1.11. The van der Waals surface area contributed by atoms with Gasteiger partial charge in [-0.15, -0.1) is 5.10 Å². The number of carboxylic acid groups (broad SMARTS) is 1. The predicted octanol–water partition coefficient (Wildman–Crippen LogP) is 0.387. The highest BCUT2D eigenvalue weighted by atomic mass is 16.5. The Labute approximate surface area is 109 Å². The Morgan fingerprint density at radius 2 is 2.32 bits per heavy atom. The number of rotatable bonds is 6. The SMILES string of the molecule is CCn1cncc1Cn1nnc(C(=O)O)c1COC. The summed E-state index contributed by atoms with van der Waals surface area (Å²) in [6.45, 7) is 3.35. The number of ether oxygens (including phenoxy) is 1. The molecule has 0 aliphatic rings. The van der Waals surface area contributed by atoms with Crippen LogP contribution in [0.5, 0.6) is 0 Å². The molecule has 102 valence electrons. The molecule has 0 aromatic carbocycles. The average molecular weight is 265 g/mol. The van der Waals surface area contributed by atoms with Gasteiger partial charge in [-0.25, -0.2) is 14.5 Å². The van der Waals surface area contributed by atoms with Crippen molar-refractivity contribution in [2.45, 2.75) is 26.6 Å². The van der Waals surface area contributed by atoms with Gasteiger partial charge in [0, 0.05) is 13.7 Å². The van der Waals surface area contributed by atoms with Gasteiger partial charge >= 0.3 is 5.97 Å². The fourth-order valence-corrected chi connectivity index (χ4v) is 1.82. The molecule has 0 saturated carbocycles. The van der Waals surface area contributed by atoms with Crippen molar-refractivity contribution in [1.29, 1.82) is 0 Å². The zero-order chi connectivity index (χ0) is 13.8. The molecule has 0 saturated heterocycles. The number of aryl methyl sites for hydroxylation is 1. The van der Waals surface area contributed by atoms with Crippen molar-refractivity contribution in [3.05, 3.63) is 29.6 Å². The Balaban J connectivity index is 2.32. The lowest BCUT2D eigenvalue weighted by atomic mass is 10.3. The van der Waals surface area contributed by atoms with Crippen molar-refractivity contribution in [2.24, 2.45) is 0 Å². The van der Waals surface area contributed by atoms with Gasteiger partial charge in [-0.2, -0.15) is 0 Å². The molecule has 8 heteroatoms. The third-order valence-corrected chi connectivity index (χ3v) is 2.77. The molecule has 0 spiro atoms. The number of imidazole rings is 1. The average Bonchev–Trinajstić information content (AvgIpc) is 2.98. The summed E-state index contributed by atoms with van der Waals surface area (Å²) in [5.74, 6) is -1.11. The van der Waals surface area contributed by atoms with Gasteiger partial charge < -0.3 is 14.4 Å². The van der Waals surface area contributed by atoms with Crippen molar-refractivity contribution < 1.29 is 14.6 Å². The lowest BCUT2D eigenvalue weighted by Crippen LogP contribution is -2.12. The molecule has 2 heterocycles. The lowest BCUT2D eigenvalue weighted by Gasteiger charge is -2.08. The molecule has 0 radical (unpaired) electrons. The van der Waals surface area contributed by atoms with Crippen molar-refractivity contribution >= 4 is 5.97 Å². The number of aromatic carboxylic acids is 1. The maximum atomic E-state index is 11.0. The van der Waals surface area contributed by atoms with E-state index >= 15 is 0 Å². The Hall–Kier alpha value is -2.22. The number of aromatic nitrogens is 5. The quantitative estimate of drug-likeness (QED) is 0.811. The summed E-state index contributed by atoms with van der Waals surface area (Å²) in [4.78, 5) is 15.1. The molecule has 0 fully saturated rings. The molecule has 8 nitrogen and oxygen atoms in total. The number of carbonyl (C=O) groups is 1. The fourth-order valence-electron chi connectivity index (χ4n) is 1.82. The van der Waals surface area contributed by atoms with E-state index in [-0.39, 0.29) is 12.3 Å². The van der Waals surface area contributed by atoms with Crippen LogP contribution in [0.2, 0.25) is 0 Å². The Kier molecular flexibility index (Phi) is 3.91. The van der Waals surface area contributed by atoms with Gasteiger partial charge in [-0.3, -0.25) is 0 Å². The summed E-state index contributed by atoms with van der Waals surface area (Å²) in [6.07, 6.45) is 3.45. The van der Waals surface area contributed by atoms with E-state index in [9.17, 15) is 4.79 Å². The third-order valence-electron chi connectivity index (χ3n) is 2.77. The van der Waals surface area contributed by atoms with Crippen LogP contribution in [0.1, 0.15) is 28.8 Å². The molecular formula is C11H15N5O3. The molecule has 0 atom stereocenters. The smallest absolute Gasteiger partial charge is 0.358 e. The zero-order valence-electron chi connectivity index (χ0n) is 10.8. The van der Waals surface area contributed by atoms with E-state index in [2.05, 4.69) is 15.3 Å². The molecule has 19 heavy (non-hydrogen) atoms. The highest BCUT2D eigenvalue weighted by molar-refractivity contribution is 5.86. The highest BCUT2D eigenvalue weighted by Gasteiger charge is 2.19. The molecule has 0 aliphatic heterocycles. The van der Waals surface area contributed by atoms with Crippen molar-refractivity contribution in [3.8, 4) is 0 Å². The number of carboxylic acids is 1. The van der Waals surface area contributed by atoms with E-state index in [0.717, 1.165) is 12.2 Å². The van der Waals surface area contributed by atoms with Crippen LogP contribution in [-0.4, -0.2) is 42.7 Å². The molecule has 2 aromatic rings. The van der Waals surface area contributed by atoms with Crippen LogP contribution >= 0.6 is 0 Å². The van der Waals surface area contributed by atoms with Gasteiger partial charge in [0.2, 0.25) is 0 Å². The Morgan fingerprint density at radius 1 is 1.53 bits per heavy atom. The van der Waals surface area contributed by atoms with Crippen molar-refractivity contribution in [1.82, 2.24) is 24.5 Å². The summed E-state index contributed by atoms with van der Waals surface area (Å²) < 4.78 is 8.49. The summed E-state index contributed by atoms with van der Waals surface area (Å²) in [7, 11) is 1.50. The van der Waals surface area contributed by atoms with Crippen LogP contribution in [0.25, 0.3) is 0 Å². The van der Waals surface area contributed by atoms with Crippen LogP contribution in [0, 0.1) is 0 Å². The van der Waals surface area contributed by atoms with E-state index in [1.165, 1.54) is 11.8 Å². The van der Waals surface area contributed by atoms with Crippen LogP contribution < -0.4 is 0 Å². The van der Waals surface area contributed by atoms with E-state index < -0.39 is 5.97 Å². The molecule has 0 aliphatic carbocycles. The normalized spacial score (nSPS) is 10.8. The lowest BCUT2D eigenvalue weighted by molar-refractivity contribution is 0.0684. The number of nitrogens with zero attached hydrogens (tertiary/aromatic N) is 5. The van der Waals surface area contributed by atoms with Crippen LogP contribution in [-0.2, 0) is 24.4 Å². The minimum Gasteiger partial charge on any atom is -0.476 e. The first kappa shape index (κ1) is 13.2. The first-order valence-electron chi connectivity index (χ1n) is 5.81. The second kappa shape index (κ2) is 5.61. The van der Waals surface area contributed by atoms with E-state index in [1.807, 2.05) is 11.5 Å². The van der Waals surface area contributed by atoms with Gasteiger partial charge in [0.1, 0.15) is 0 Å². The standard InChI is InChI=1S/C11H15N5O3/c1-3-15-7-12-4-8(15)5-16-9(6-19-2)10(11(17)18)13-14-16/h4,7H,3,5-6H2,1-2H3,(H,17,18). The Bertz CT molecular complexity index is 575. The summed E-state index contributed by atoms with van der Waals surface area (Å²) in [5, 5.41) is 16.6. The number of hydrogen-bond acceptors (Lipinski definition) is 5. The van der Waals surface area contributed by atoms with Crippen LogP contribution in [0.4, 0.5) is 0 Å². The van der Waals surface area contributed by atoms with E-state index in [1.54, 1.807) is 12.5 Å². The van der Waals surface area contributed by atoms with Crippen molar-refractivity contribution in [2.75, 3.05) is 7.11 Å². The first-order valence-corrected chi connectivity index (χ1v) is 5.81. The molecule has 0 unspecified atom stereocenters. The topological polar surface area (TPSA) is 95.1 Å². The second-order valence-electron chi connectivity index (χ2n) is 3.95. The summed E-state index contributed by atoms with van der Waals surface area (Å²) >= 11 is 0. The van der Waals surface area contributed by atoms with E-state index in [4.69, 9.17) is 9.84 Å². The maximum absolute atomic E-state index is 11.0. The number of methoxy groups -OCH3 is 1. The van der Waals surface area contributed by atoms with Gasteiger partial charge in [-0.1, -0.05) is 5.21 Å². The predicted molar refractivity (Wildman–Crippen MR) is 64.7 cm³/mol. The van der Waals surface area contributed by atoms with Gasteiger partial charge in [-0.05, 0) is 6.92 Å².